The summed E-state index contributed by atoms with van der Waals surface area (Å²) in [6.07, 6.45) is 8.23. The summed E-state index contributed by atoms with van der Waals surface area (Å²) >= 11 is 0. The number of fused-ring (bicyclic) bond motifs is 1. The number of carboxylic acids is 1. The number of aliphatic carboxylic acids is 1. The van der Waals surface area contributed by atoms with Crippen LogP contribution in [0.3, 0.4) is 0 Å². The van der Waals surface area contributed by atoms with E-state index in [1.165, 1.54) is 0 Å². The summed E-state index contributed by atoms with van der Waals surface area (Å²) in [7, 11) is 0. The largest absolute Gasteiger partial charge is 0.480 e. The number of aromatic nitrogens is 1. The topological polar surface area (TPSA) is 79.3 Å². The van der Waals surface area contributed by atoms with Crippen molar-refractivity contribution in [3.63, 3.8) is 0 Å². The molecular weight excluding hydrogens is 388 g/mol. The Bertz CT molecular complexity index is 1100. The fourth-order valence-electron chi connectivity index (χ4n) is 4.37. The molecule has 5 heteroatoms. The number of benzene rings is 2. The zero-order valence-electron chi connectivity index (χ0n) is 17.3. The summed E-state index contributed by atoms with van der Waals surface area (Å²) in [6.45, 7) is -0.346. The van der Waals surface area contributed by atoms with Crippen LogP contribution in [0.1, 0.15) is 48.4 Å². The molecule has 1 aliphatic rings. The second-order valence-corrected chi connectivity index (χ2v) is 8.06. The molecule has 0 radical (unpaired) electrons. The molecule has 1 heterocycles. The molecule has 2 aromatic carbocycles. The first-order valence-corrected chi connectivity index (χ1v) is 10.7. The molecule has 1 aromatic heterocycles. The first-order valence-electron chi connectivity index (χ1n) is 10.7. The van der Waals surface area contributed by atoms with Gasteiger partial charge in [-0.2, -0.15) is 0 Å². The van der Waals surface area contributed by atoms with Gasteiger partial charge in [0.15, 0.2) is 0 Å². The molecule has 1 unspecified atom stereocenters. The second kappa shape index (κ2) is 9.56. The molecule has 0 bridgehead atoms. The van der Waals surface area contributed by atoms with Crippen LogP contribution < -0.4 is 5.32 Å². The van der Waals surface area contributed by atoms with Crippen molar-refractivity contribution in [1.29, 1.82) is 0 Å². The number of carbonyl (C=O) groups excluding carboxylic acids is 1. The van der Waals surface area contributed by atoms with E-state index in [4.69, 9.17) is 5.11 Å². The van der Waals surface area contributed by atoms with Crippen LogP contribution in [0, 0.1) is 5.92 Å². The Morgan fingerprint density at radius 3 is 2.48 bits per heavy atom. The number of para-hydroxylation sites is 1. The number of nitrogens with one attached hydrogen (secondary N) is 1. The molecule has 1 atom stereocenters. The molecule has 31 heavy (non-hydrogen) atoms. The van der Waals surface area contributed by atoms with Gasteiger partial charge in [0.2, 0.25) is 5.91 Å². The van der Waals surface area contributed by atoms with E-state index in [0.29, 0.717) is 0 Å². The van der Waals surface area contributed by atoms with E-state index in [1.807, 2.05) is 66.7 Å². The quantitative estimate of drug-likeness (QED) is 0.577. The smallest absolute Gasteiger partial charge is 0.322 e. The van der Waals surface area contributed by atoms with Gasteiger partial charge in [-0.05, 0) is 48.1 Å². The molecule has 1 aliphatic carbocycles. The van der Waals surface area contributed by atoms with Gasteiger partial charge in [-0.1, -0.05) is 67.4 Å². The number of rotatable bonds is 7. The van der Waals surface area contributed by atoms with Gasteiger partial charge in [0, 0.05) is 5.39 Å². The molecule has 2 N–H and O–H groups in total. The minimum atomic E-state index is -1.03. The summed E-state index contributed by atoms with van der Waals surface area (Å²) in [5.41, 5.74) is 3.82. The number of carboxylic acid groups (broad SMARTS) is 1. The highest BCUT2D eigenvalue weighted by Crippen LogP contribution is 2.37. The maximum absolute atomic E-state index is 12.7. The van der Waals surface area contributed by atoms with Crippen molar-refractivity contribution in [2.24, 2.45) is 5.92 Å². The lowest BCUT2D eigenvalue weighted by atomic mass is 9.83. The molecule has 1 fully saturated rings. The van der Waals surface area contributed by atoms with E-state index in [2.05, 4.69) is 16.4 Å². The first-order chi connectivity index (χ1) is 15.1. The van der Waals surface area contributed by atoms with Crippen LogP contribution in [0.2, 0.25) is 0 Å². The second-order valence-electron chi connectivity index (χ2n) is 8.06. The van der Waals surface area contributed by atoms with Crippen LogP contribution in [0.4, 0.5) is 0 Å². The number of hydrogen-bond donors (Lipinski definition) is 2. The van der Waals surface area contributed by atoms with Crippen molar-refractivity contribution >= 4 is 34.9 Å². The van der Waals surface area contributed by atoms with Crippen molar-refractivity contribution < 1.29 is 14.7 Å². The Hall–Kier alpha value is -3.47. The van der Waals surface area contributed by atoms with Crippen LogP contribution >= 0.6 is 0 Å². The SMILES string of the molecule is O=C(O)CNC(=O)C(c1ccc(/C=C/c2ccc3ccccc3n2)cc1)C1CCCC1. The number of amides is 1. The number of pyridine rings is 1. The molecule has 158 valence electrons. The molecule has 3 aromatic rings. The van der Waals surface area contributed by atoms with E-state index < -0.39 is 5.97 Å². The molecule has 1 amide bonds. The summed E-state index contributed by atoms with van der Waals surface area (Å²) in [5.74, 6) is -1.27. The number of nitrogens with zero attached hydrogens (tertiary/aromatic N) is 1. The zero-order valence-corrected chi connectivity index (χ0v) is 17.3. The standard InChI is InChI=1S/C26H26N2O3/c29-24(30)17-27-26(31)25(20-6-1-2-7-20)21-12-9-18(10-13-21)11-15-22-16-14-19-5-3-4-8-23(19)28-22/h3-5,8-16,20,25H,1-2,6-7,17H2,(H,27,31)(H,29,30)/b15-11+. The Balaban J connectivity index is 1.50. The zero-order chi connectivity index (χ0) is 21.6. The Morgan fingerprint density at radius 1 is 1.00 bits per heavy atom. The van der Waals surface area contributed by atoms with Gasteiger partial charge >= 0.3 is 5.97 Å². The third-order valence-electron chi connectivity index (χ3n) is 5.93. The average molecular weight is 415 g/mol. The summed E-state index contributed by atoms with van der Waals surface area (Å²) in [5, 5.41) is 12.6. The van der Waals surface area contributed by atoms with Crippen LogP contribution in [0.15, 0.2) is 60.7 Å². The van der Waals surface area contributed by atoms with Crippen molar-refractivity contribution in [3.05, 3.63) is 77.5 Å². The van der Waals surface area contributed by atoms with Gasteiger partial charge in [-0.15, -0.1) is 0 Å². The maximum Gasteiger partial charge on any atom is 0.322 e. The molecule has 0 aliphatic heterocycles. The monoisotopic (exact) mass is 414 g/mol. The van der Waals surface area contributed by atoms with Crippen LogP contribution in [0.25, 0.3) is 23.1 Å². The first kappa shape index (κ1) is 20.8. The van der Waals surface area contributed by atoms with E-state index in [1.54, 1.807) is 0 Å². The highest BCUT2D eigenvalue weighted by Gasteiger charge is 2.32. The minimum absolute atomic E-state index is 0.196. The number of carbonyl (C=O) groups is 2. The number of hydrogen-bond acceptors (Lipinski definition) is 3. The van der Waals surface area contributed by atoms with Crippen molar-refractivity contribution in [2.75, 3.05) is 6.54 Å². The Morgan fingerprint density at radius 2 is 1.74 bits per heavy atom. The average Bonchev–Trinajstić information content (AvgIpc) is 3.31. The highest BCUT2D eigenvalue weighted by atomic mass is 16.4. The van der Waals surface area contributed by atoms with Crippen LogP contribution in [0.5, 0.6) is 0 Å². The molecule has 0 spiro atoms. The predicted molar refractivity (Wildman–Crippen MR) is 122 cm³/mol. The minimum Gasteiger partial charge on any atom is -0.480 e. The van der Waals surface area contributed by atoms with Gasteiger partial charge in [0.25, 0.3) is 0 Å². The van der Waals surface area contributed by atoms with Gasteiger partial charge in [0.1, 0.15) is 6.54 Å². The molecular formula is C26H26N2O3. The fraction of sp³-hybridized carbons (Fsp3) is 0.269. The normalized spacial score (nSPS) is 15.4. The Kier molecular flexibility index (Phi) is 6.41. The van der Waals surface area contributed by atoms with E-state index in [9.17, 15) is 9.59 Å². The third kappa shape index (κ3) is 5.18. The Labute approximate surface area is 181 Å². The lowest BCUT2D eigenvalue weighted by Gasteiger charge is -2.23. The van der Waals surface area contributed by atoms with Gasteiger partial charge < -0.3 is 10.4 Å². The summed E-state index contributed by atoms with van der Waals surface area (Å²) in [6, 6.07) is 20.0. The van der Waals surface area contributed by atoms with Crippen molar-refractivity contribution in [2.45, 2.75) is 31.6 Å². The molecule has 1 saturated carbocycles. The molecule has 0 saturated heterocycles. The van der Waals surface area contributed by atoms with Crippen molar-refractivity contribution in [3.8, 4) is 0 Å². The van der Waals surface area contributed by atoms with Crippen LogP contribution in [-0.2, 0) is 9.59 Å². The van der Waals surface area contributed by atoms with E-state index in [0.717, 1.165) is 53.4 Å². The van der Waals surface area contributed by atoms with E-state index >= 15 is 0 Å². The summed E-state index contributed by atoms with van der Waals surface area (Å²) < 4.78 is 0. The summed E-state index contributed by atoms with van der Waals surface area (Å²) in [4.78, 5) is 28.3. The molecule has 5 nitrogen and oxygen atoms in total. The predicted octanol–water partition coefficient (Wildman–Crippen LogP) is 4.88. The lowest BCUT2D eigenvalue weighted by Crippen LogP contribution is -2.36. The molecule has 4 rings (SSSR count). The highest BCUT2D eigenvalue weighted by molar-refractivity contribution is 5.87. The fourth-order valence-corrected chi connectivity index (χ4v) is 4.37. The van der Waals surface area contributed by atoms with Gasteiger partial charge in [0.05, 0.1) is 17.1 Å². The van der Waals surface area contributed by atoms with Gasteiger partial charge in [-0.25, -0.2) is 4.98 Å². The lowest BCUT2D eigenvalue weighted by molar-refractivity contribution is -0.138. The third-order valence-corrected chi connectivity index (χ3v) is 5.93. The van der Waals surface area contributed by atoms with Gasteiger partial charge in [-0.3, -0.25) is 9.59 Å². The van der Waals surface area contributed by atoms with Crippen molar-refractivity contribution in [1.82, 2.24) is 10.3 Å². The van der Waals surface area contributed by atoms with Crippen LogP contribution in [-0.4, -0.2) is 28.5 Å². The maximum atomic E-state index is 12.7. The van der Waals surface area contributed by atoms with E-state index in [-0.39, 0.29) is 24.3 Å².